The van der Waals surface area contributed by atoms with Crippen molar-refractivity contribution in [2.45, 2.75) is 76.9 Å². The number of aliphatic hydroxyl groups is 1. The highest BCUT2D eigenvalue weighted by Gasteiger charge is 2.38. The van der Waals surface area contributed by atoms with Crippen LogP contribution in [-0.4, -0.2) is 40.8 Å². The molecule has 0 bridgehead atoms. The largest absolute Gasteiger partial charge is 0.490 e. The van der Waals surface area contributed by atoms with E-state index in [1.165, 1.54) is 12.8 Å². The average molecular weight is 375 g/mol. The molecule has 2 fully saturated rings. The molecule has 0 aromatic heterocycles. The Hall–Kier alpha value is -1.75. The smallest absolute Gasteiger partial charge is 0.321 e. The highest BCUT2D eigenvalue weighted by atomic mass is 16.5. The van der Waals surface area contributed by atoms with E-state index in [-0.39, 0.29) is 6.03 Å². The summed E-state index contributed by atoms with van der Waals surface area (Å²) in [5.74, 6) is 1.13. The molecular formula is C22H34N2O3. The molecule has 2 N–H and O–H groups in total. The minimum absolute atomic E-state index is 0.0976. The van der Waals surface area contributed by atoms with Crippen molar-refractivity contribution in [3.05, 3.63) is 24.3 Å². The molecule has 1 aromatic carbocycles. The topological polar surface area (TPSA) is 61.8 Å². The number of rotatable bonds is 6. The first-order chi connectivity index (χ1) is 13.0. The van der Waals surface area contributed by atoms with Crippen LogP contribution in [-0.2, 0) is 0 Å². The second kappa shape index (κ2) is 8.96. The Morgan fingerprint density at radius 1 is 1.26 bits per heavy atom. The Morgan fingerprint density at radius 2 is 1.93 bits per heavy atom. The van der Waals surface area contributed by atoms with Gasteiger partial charge >= 0.3 is 6.03 Å². The minimum atomic E-state index is -0.630. The van der Waals surface area contributed by atoms with E-state index in [9.17, 15) is 9.90 Å². The van der Waals surface area contributed by atoms with E-state index in [0.717, 1.165) is 37.1 Å². The summed E-state index contributed by atoms with van der Waals surface area (Å²) in [6.07, 6.45) is 8.27. The molecule has 150 valence electrons. The van der Waals surface area contributed by atoms with Crippen molar-refractivity contribution in [3.8, 4) is 5.75 Å². The molecule has 2 amide bonds. The van der Waals surface area contributed by atoms with E-state index in [2.05, 4.69) is 19.2 Å². The summed E-state index contributed by atoms with van der Waals surface area (Å²) in [5, 5.41) is 13.9. The van der Waals surface area contributed by atoms with Crippen LogP contribution in [0.15, 0.2) is 24.3 Å². The summed E-state index contributed by atoms with van der Waals surface area (Å²) in [7, 11) is 0. The fourth-order valence-corrected chi connectivity index (χ4v) is 4.60. The summed E-state index contributed by atoms with van der Waals surface area (Å²) >= 11 is 0. The van der Waals surface area contributed by atoms with Gasteiger partial charge in [0.2, 0.25) is 0 Å². The van der Waals surface area contributed by atoms with E-state index in [1.807, 2.05) is 24.3 Å². The van der Waals surface area contributed by atoms with Crippen LogP contribution >= 0.6 is 0 Å². The molecular weight excluding hydrogens is 340 g/mol. The quantitative estimate of drug-likeness (QED) is 0.751. The molecule has 0 radical (unpaired) electrons. The van der Waals surface area contributed by atoms with E-state index in [0.29, 0.717) is 38.0 Å². The third-order valence-corrected chi connectivity index (χ3v) is 6.35. The van der Waals surface area contributed by atoms with Crippen LogP contribution < -0.4 is 10.1 Å². The number of likely N-dealkylation sites (tertiary alicyclic amines) is 1. The lowest BCUT2D eigenvalue weighted by Gasteiger charge is -2.42. The predicted octanol–water partition coefficient (Wildman–Crippen LogP) is 4.80. The van der Waals surface area contributed by atoms with Crippen LogP contribution in [0.5, 0.6) is 5.75 Å². The van der Waals surface area contributed by atoms with Gasteiger partial charge in [-0.05, 0) is 56.6 Å². The van der Waals surface area contributed by atoms with Crippen molar-refractivity contribution >= 4 is 11.7 Å². The fourth-order valence-electron chi connectivity index (χ4n) is 4.60. The predicted molar refractivity (Wildman–Crippen MR) is 108 cm³/mol. The highest BCUT2D eigenvalue weighted by molar-refractivity contribution is 5.89. The van der Waals surface area contributed by atoms with E-state index < -0.39 is 5.60 Å². The number of hydrogen-bond donors (Lipinski definition) is 2. The average Bonchev–Trinajstić information content (AvgIpc) is 3.16. The molecule has 0 unspecified atom stereocenters. The molecule has 2 aliphatic rings. The Labute approximate surface area is 163 Å². The number of amides is 2. The molecule has 5 nitrogen and oxygen atoms in total. The lowest BCUT2D eigenvalue weighted by atomic mass is 9.77. The van der Waals surface area contributed by atoms with Crippen LogP contribution in [0.3, 0.4) is 0 Å². The number of hydrogen-bond acceptors (Lipinski definition) is 3. The molecule has 1 saturated carbocycles. The zero-order valence-corrected chi connectivity index (χ0v) is 16.7. The van der Waals surface area contributed by atoms with Crippen molar-refractivity contribution in [3.63, 3.8) is 0 Å². The molecule has 1 aromatic rings. The second-order valence-corrected chi connectivity index (χ2v) is 8.09. The molecule has 1 saturated heterocycles. The summed E-state index contributed by atoms with van der Waals surface area (Å²) in [6.45, 7) is 5.45. The molecule has 1 aliphatic carbocycles. The maximum Gasteiger partial charge on any atom is 0.321 e. The molecule has 0 atom stereocenters. The minimum Gasteiger partial charge on any atom is -0.490 e. The zero-order chi connectivity index (χ0) is 19.3. The van der Waals surface area contributed by atoms with Crippen molar-refractivity contribution in [2.75, 3.05) is 18.4 Å². The number of carbonyl (C=O) groups excluding carboxylic acids is 1. The molecule has 3 rings (SSSR count). The first kappa shape index (κ1) is 20.0. The Balaban J connectivity index is 1.53. The maximum atomic E-state index is 12.6. The standard InChI is InChI=1S/C22H34N2O3/c1-3-17(4-2)22(26)12-14-24(15-13-22)21(25)23-18-8-7-11-20(16-18)27-19-9-5-6-10-19/h7-8,11,16-17,19,26H,3-6,9-10,12-15H2,1-2H3,(H,23,25). The van der Waals surface area contributed by atoms with Gasteiger partial charge in [-0.3, -0.25) is 0 Å². The van der Waals surface area contributed by atoms with Crippen LogP contribution in [0.2, 0.25) is 0 Å². The van der Waals surface area contributed by atoms with Gasteiger partial charge in [-0.25, -0.2) is 4.79 Å². The van der Waals surface area contributed by atoms with E-state index >= 15 is 0 Å². The summed E-state index contributed by atoms with van der Waals surface area (Å²) in [5.41, 5.74) is 0.131. The first-order valence-electron chi connectivity index (χ1n) is 10.6. The second-order valence-electron chi connectivity index (χ2n) is 8.09. The van der Waals surface area contributed by atoms with Gasteiger partial charge in [0.15, 0.2) is 0 Å². The van der Waals surface area contributed by atoms with Crippen molar-refractivity contribution in [2.24, 2.45) is 5.92 Å². The van der Waals surface area contributed by atoms with Gasteiger partial charge < -0.3 is 20.1 Å². The number of ether oxygens (including phenoxy) is 1. The molecule has 0 spiro atoms. The zero-order valence-electron chi connectivity index (χ0n) is 16.7. The number of anilines is 1. The Morgan fingerprint density at radius 3 is 2.56 bits per heavy atom. The SMILES string of the molecule is CCC(CC)C1(O)CCN(C(=O)Nc2cccc(OC3CCCC3)c2)CC1. The van der Waals surface area contributed by atoms with Crippen LogP contribution in [0, 0.1) is 5.92 Å². The summed E-state index contributed by atoms with van der Waals surface area (Å²) < 4.78 is 6.02. The monoisotopic (exact) mass is 374 g/mol. The van der Waals surface area contributed by atoms with Gasteiger partial charge in [0.1, 0.15) is 5.75 Å². The van der Waals surface area contributed by atoms with Crippen molar-refractivity contribution in [1.29, 1.82) is 0 Å². The first-order valence-corrected chi connectivity index (χ1v) is 10.6. The number of benzene rings is 1. The van der Waals surface area contributed by atoms with E-state index in [4.69, 9.17) is 4.74 Å². The Kier molecular flexibility index (Phi) is 6.64. The maximum absolute atomic E-state index is 12.6. The lowest BCUT2D eigenvalue weighted by Crippen LogP contribution is -2.51. The Bertz CT molecular complexity index is 616. The number of piperidine rings is 1. The van der Waals surface area contributed by atoms with Gasteiger partial charge in [0.25, 0.3) is 0 Å². The van der Waals surface area contributed by atoms with Crippen LogP contribution in [0.1, 0.15) is 65.2 Å². The lowest BCUT2D eigenvalue weighted by molar-refractivity contribution is -0.0619. The van der Waals surface area contributed by atoms with Gasteiger partial charge in [0, 0.05) is 24.8 Å². The number of carbonyl (C=O) groups is 1. The highest BCUT2D eigenvalue weighted by Crippen LogP contribution is 2.34. The normalized spacial score (nSPS) is 20.1. The number of nitrogens with zero attached hydrogens (tertiary/aromatic N) is 1. The molecule has 27 heavy (non-hydrogen) atoms. The van der Waals surface area contributed by atoms with Crippen molar-refractivity contribution < 1.29 is 14.6 Å². The number of urea groups is 1. The fraction of sp³-hybridized carbons (Fsp3) is 0.682. The molecule has 5 heteroatoms. The number of nitrogens with one attached hydrogen (secondary N) is 1. The van der Waals surface area contributed by atoms with Crippen molar-refractivity contribution in [1.82, 2.24) is 4.90 Å². The van der Waals surface area contributed by atoms with Crippen LogP contribution in [0.4, 0.5) is 10.5 Å². The van der Waals surface area contributed by atoms with Crippen LogP contribution in [0.25, 0.3) is 0 Å². The van der Waals surface area contributed by atoms with Gasteiger partial charge in [-0.2, -0.15) is 0 Å². The molecule has 1 heterocycles. The summed E-state index contributed by atoms with van der Waals surface area (Å²) in [4.78, 5) is 14.4. The third-order valence-electron chi connectivity index (χ3n) is 6.35. The van der Waals surface area contributed by atoms with Gasteiger partial charge in [-0.15, -0.1) is 0 Å². The van der Waals surface area contributed by atoms with Gasteiger partial charge in [-0.1, -0.05) is 32.8 Å². The van der Waals surface area contributed by atoms with Gasteiger partial charge in [0.05, 0.1) is 11.7 Å². The third kappa shape index (κ3) is 4.95. The molecule has 1 aliphatic heterocycles. The van der Waals surface area contributed by atoms with E-state index in [1.54, 1.807) is 4.90 Å². The summed E-state index contributed by atoms with van der Waals surface area (Å²) in [6, 6.07) is 7.57.